The highest BCUT2D eigenvalue weighted by Gasteiger charge is 2.00. The summed E-state index contributed by atoms with van der Waals surface area (Å²) in [5, 5.41) is 12.2. The molecule has 124 valence electrons. The molecule has 6 nitrogen and oxygen atoms in total. The lowest BCUT2D eigenvalue weighted by atomic mass is 10.3. The second-order valence-electron chi connectivity index (χ2n) is 5.05. The van der Waals surface area contributed by atoms with Crippen molar-refractivity contribution in [2.45, 2.75) is 46.0 Å². The van der Waals surface area contributed by atoms with E-state index in [0.29, 0.717) is 12.8 Å². The van der Waals surface area contributed by atoms with Crippen molar-refractivity contribution < 1.29 is 9.59 Å². The summed E-state index contributed by atoms with van der Waals surface area (Å²) in [6.07, 6.45) is 4.01. The molecule has 0 bridgehead atoms. The number of amides is 2. The molecule has 0 aliphatic carbocycles. The molecule has 0 radical (unpaired) electrons. The van der Waals surface area contributed by atoms with Gasteiger partial charge in [0.1, 0.15) is 0 Å². The molecule has 0 atom stereocenters. The number of carbonyl (C=O) groups is 2. The third-order valence-electron chi connectivity index (χ3n) is 2.91. The Morgan fingerprint density at radius 2 is 1.10 bits per heavy atom. The van der Waals surface area contributed by atoms with Crippen LogP contribution in [0, 0.1) is 0 Å². The van der Waals surface area contributed by atoms with E-state index in [1.54, 1.807) is 0 Å². The molecule has 0 fully saturated rings. The van der Waals surface area contributed by atoms with E-state index in [4.69, 9.17) is 0 Å². The molecule has 6 heteroatoms. The fourth-order valence-corrected chi connectivity index (χ4v) is 1.70. The zero-order valence-corrected chi connectivity index (χ0v) is 13.6. The molecule has 0 saturated heterocycles. The molecule has 0 aromatic carbocycles. The molecule has 0 rings (SSSR count). The van der Waals surface area contributed by atoms with Crippen LogP contribution in [0.25, 0.3) is 0 Å². The molecule has 4 N–H and O–H groups in total. The lowest BCUT2D eigenvalue weighted by Crippen LogP contribution is -2.30. The van der Waals surface area contributed by atoms with Crippen LogP contribution in [-0.4, -0.2) is 51.1 Å². The Kier molecular flexibility index (Phi) is 14.4. The van der Waals surface area contributed by atoms with Gasteiger partial charge in [-0.15, -0.1) is 0 Å². The van der Waals surface area contributed by atoms with E-state index in [9.17, 15) is 9.59 Å². The first-order chi connectivity index (χ1) is 10.2. The predicted octanol–water partition coefficient (Wildman–Crippen LogP) is 0.388. The number of hydrogen-bond acceptors (Lipinski definition) is 4. The standard InChI is InChI=1S/C15H32N4O2/c1-3-8-18-14(20)6-12-16-10-5-11-17-13-7-15(21)19-9-4-2/h16-17H,3-13H2,1-2H3,(H,18,20)(H,19,21). The third-order valence-corrected chi connectivity index (χ3v) is 2.91. The Balaban J connectivity index is 3.19. The molecule has 2 amide bonds. The van der Waals surface area contributed by atoms with Crippen molar-refractivity contribution in [1.29, 1.82) is 0 Å². The topological polar surface area (TPSA) is 82.3 Å². The zero-order valence-electron chi connectivity index (χ0n) is 13.6. The summed E-state index contributed by atoms with van der Waals surface area (Å²) in [5.74, 6) is 0.223. The molecule has 0 aromatic rings. The van der Waals surface area contributed by atoms with E-state index in [1.165, 1.54) is 0 Å². The van der Waals surface area contributed by atoms with Crippen LogP contribution < -0.4 is 21.3 Å². The van der Waals surface area contributed by atoms with E-state index in [2.05, 4.69) is 21.3 Å². The van der Waals surface area contributed by atoms with Crippen LogP contribution in [0.4, 0.5) is 0 Å². The number of hydrogen-bond donors (Lipinski definition) is 4. The van der Waals surface area contributed by atoms with Gasteiger partial charge in [0.05, 0.1) is 0 Å². The van der Waals surface area contributed by atoms with E-state index in [-0.39, 0.29) is 11.8 Å². The highest BCUT2D eigenvalue weighted by Crippen LogP contribution is 1.82. The molecular formula is C15H32N4O2. The molecule has 0 saturated carbocycles. The van der Waals surface area contributed by atoms with Gasteiger partial charge in [0.15, 0.2) is 0 Å². The quantitative estimate of drug-likeness (QED) is 0.350. The second-order valence-corrected chi connectivity index (χ2v) is 5.05. The number of nitrogens with one attached hydrogen (secondary N) is 4. The van der Waals surface area contributed by atoms with Crippen molar-refractivity contribution in [3.8, 4) is 0 Å². The normalized spacial score (nSPS) is 10.4. The Morgan fingerprint density at radius 1 is 0.667 bits per heavy atom. The maximum Gasteiger partial charge on any atom is 0.221 e. The molecular weight excluding hydrogens is 268 g/mol. The molecule has 0 aromatic heterocycles. The SMILES string of the molecule is CCCNC(=O)CCNCCCNCCC(=O)NCCC. The third kappa shape index (κ3) is 15.1. The summed E-state index contributed by atoms with van der Waals surface area (Å²) in [6.45, 7) is 8.80. The van der Waals surface area contributed by atoms with Crippen LogP contribution in [0.2, 0.25) is 0 Å². The average molecular weight is 300 g/mol. The Morgan fingerprint density at radius 3 is 1.48 bits per heavy atom. The van der Waals surface area contributed by atoms with E-state index in [1.807, 2.05) is 13.8 Å². The van der Waals surface area contributed by atoms with E-state index in [0.717, 1.165) is 58.5 Å². The van der Waals surface area contributed by atoms with Crippen LogP contribution in [0.3, 0.4) is 0 Å². The lowest BCUT2D eigenvalue weighted by molar-refractivity contribution is -0.121. The van der Waals surface area contributed by atoms with Crippen molar-refractivity contribution in [1.82, 2.24) is 21.3 Å². The summed E-state index contributed by atoms with van der Waals surface area (Å²) < 4.78 is 0. The van der Waals surface area contributed by atoms with Crippen LogP contribution in [-0.2, 0) is 9.59 Å². The van der Waals surface area contributed by atoms with Gasteiger partial charge in [-0.05, 0) is 32.4 Å². The van der Waals surface area contributed by atoms with Gasteiger partial charge in [-0.1, -0.05) is 13.8 Å². The van der Waals surface area contributed by atoms with Gasteiger partial charge in [-0.3, -0.25) is 9.59 Å². The first-order valence-corrected chi connectivity index (χ1v) is 8.15. The Hall–Kier alpha value is -1.14. The van der Waals surface area contributed by atoms with E-state index < -0.39 is 0 Å². The molecule has 0 aliphatic rings. The summed E-state index contributed by atoms with van der Waals surface area (Å²) in [6, 6.07) is 0. The Bertz CT molecular complexity index is 246. The van der Waals surface area contributed by atoms with Crippen LogP contribution in [0.5, 0.6) is 0 Å². The van der Waals surface area contributed by atoms with Gasteiger partial charge in [0.25, 0.3) is 0 Å². The number of carbonyl (C=O) groups excluding carboxylic acids is 2. The first-order valence-electron chi connectivity index (χ1n) is 8.15. The van der Waals surface area contributed by atoms with Gasteiger partial charge < -0.3 is 21.3 Å². The highest BCUT2D eigenvalue weighted by molar-refractivity contribution is 5.76. The maximum atomic E-state index is 11.3. The van der Waals surface area contributed by atoms with Crippen molar-refractivity contribution in [3.63, 3.8) is 0 Å². The maximum absolute atomic E-state index is 11.3. The summed E-state index contributed by atoms with van der Waals surface area (Å²) in [4.78, 5) is 22.6. The lowest BCUT2D eigenvalue weighted by Gasteiger charge is -2.07. The minimum Gasteiger partial charge on any atom is -0.356 e. The summed E-state index contributed by atoms with van der Waals surface area (Å²) in [7, 11) is 0. The van der Waals surface area contributed by atoms with Crippen molar-refractivity contribution in [3.05, 3.63) is 0 Å². The molecule has 0 aliphatic heterocycles. The van der Waals surface area contributed by atoms with Gasteiger partial charge in [-0.2, -0.15) is 0 Å². The second kappa shape index (κ2) is 15.3. The van der Waals surface area contributed by atoms with Gasteiger partial charge >= 0.3 is 0 Å². The molecule has 21 heavy (non-hydrogen) atoms. The fourth-order valence-electron chi connectivity index (χ4n) is 1.70. The van der Waals surface area contributed by atoms with Gasteiger partial charge in [-0.25, -0.2) is 0 Å². The van der Waals surface area contributed by atoms with Crippen LogP contribution >= 0.6 is 0 Å². The highest BCUT2D eigenvalue weighted by atomic mass is 16.2. The van der Waals surface area contributed by atoms with Crippen molar-refractivity contribution in [2.24, 2.45) is 0 Å². The van der Waals surface area contributed by atoms with Crippen LogP contribution in [0.1, 0.15) is 46.0 Å². The fraction of sp³-hybridized carbons (Fsp3) is 0.867. The molecule has 0 unspecified atom stereocenters. The van der Waals surface area contributed by atoms with Crippen molar-refractivity contribution in [2.75, 3.05) is 39.3 Å². The van der Waals surface area contributed by atoms with E-state index >= 15 is 0 Å². The number of rotatable bonds is 14. The van der Waals surface area contributed by atoms with Gasteiger partial charge in [0, 0.05) is 39.0 Å². The summed E-state index contributed by atoms with van der Waals surface area (Å²) in [5.41, 5.74) is 0. The predicted molar refractivity (Wildman–Crippen MR) is 86.2 cm³/mol. The smallest absolute Gasteiger partial charge is 0.221 e. The Labute approximate surface area is 128 Å². The largest absolute Gasteiger partial charge is 0.356 e. The van der Waals surface area contributed by atoms with Gasteiger partial charge in [0.2, 0.25) is 11.8 Å². The average Bonchev–Trinajstić information content (AvgIpc) is 2.49. The summed E-state index contributed by atoms with van der Waals surface area (Å²) >= 11 is 0. The minimum absolute atomic E-state index is 0.112. The minimum atomic E-state index is 0.112. The molecule has 0 heterocycles. The van der Waals surface area contributed by atoms with Crippen LogP contribution in [0.15, 0.2) is 0 Å². The molecule has 0 spiro atoms. The zero-order chi connectivity index (χ0) is 15.8. The first kappa shape index (κ1) is 19.9. The monoisotopic (exact) mass is 300 g/mol. The van der Waals surface area contributed by atoms with Crippen molar-refractivity contribution >= 4 is 11.8 Å².